The Morgan fingerprint density at radius 2 is 1.96 bits per heavy atom. The van der Waals surface area contributed by atoms with Crippen molar-refractivity contribution in [1.29, 1.82) is 0 Å². The van der Waals surface area contributed by atoms with Gasteiger partial charge in [0.25, 0.3) is 5.56 Å². The van der Waals surface area contributed by atoms with Gasteiger partial charge >= 0.3 is 0 Å². The molecule has 0 aliphatic rings. The van der Waals surface area contributed by atoms with Gasteiger partial charge in [0.05, 0.1) is 11.7 Å². The van der Waals surface area contributed by atoms with E-state index in [9.17, 15) is 14.0 Å². The number of carbonyl (C=O) groups excluding carboxylic acids is 1. The second-order valence-corrected chi connectivity index (χ2v) is 7.67. The average molecular weight is 359 g/mol. The molecule has 0 fully saturated rings. The number of thiophene rings is 1. The molecule has 1 amide bonds. The van der Waals surface area contributed by atoms with Crippen LogP contribution in [0.1, 0.15) is 20.8 Å². The highest BCUT2D eigenvalue weighted by molar-refractivity contribution is 7.17. The van der Waals surface area contributed by atoms with Crippen LogP contribution >= 0.6 is 11.3 Å². The van der Waals surface area contributed by atoms with Crippen molar-refractivity contribution in [2.45, 2.75) is 32.9 Å². The van der Waals surface area contributed by atoms with Crippen LogP contribution in [0, 0.1) is 5.82 Å². The molecule has 0 aliphatic heterocycles. The van der Waals surface area contributed by atoms with Gasteiger partial charge in [-0.2, -0.15) is 0 Å². The van der Waals surface area contributed by atoms with Gasteiger partial charge in [-0.3, -0.25) is 14.2 Å². The van der Waals surface area contributed by atoms with E-state index in [1.54, 1.807) is 12.1 Å². The Balaban J connectivity index is 2.02. The van der Waals surface area contributed by atoms with E-state index in [4.69, 9.17) is 0 Å². The lowest BCUT2D eigenvalue weighted by molar-refractivity contribution is -0.123. The van der Waals surface area contributed by atoms with E-state index in [1.165, 1.54) is 34.4 Å². The topological polar surface area (TPSA) is 64.0 Å². The molecule has 0 atom stereocenters. The van der Waals surface area contributed by atoms with E-state index < -0.39 is 0 Å². The number of aromatic nitrogens is 2. The number of fused-ring (bicyclic) bond motifs is 1. The zero-order chi connectivity index (χ0) is 18.2. The normalized spacial score (nSPS) is 11.7. The van der Waals surface area contributed by atoms with Gasteiger partial charge in [0.1, 0.15) is 17.2 Å². The lowest BCUT2D eigenvalue weighted by Gasteiger charge is -2.20. The Labute approximate surface area is 148 Å². The molecule has 0 aliphatic carbocycles. The van der Waals surface area contributed by atoms with Crippen molar-refractivity contribution in [3.63, 3.8) is 0 Å². The molecule has 1 N–H and O–H groups in total. The van der Waals surface area contributed by atoms with Gasteiger partial charge < -0.3 is 5.32 Å². The first-order valence-corrected chi connectivity index (χ1v) is 8.66. The maximum atomic E-state index is 13.1. The van der Waals surface area contributed by atoms with Crippen molar-refractivity contribution < 1.29 is 9.18 Å². The summed E-state index contributed by atoms with van der Waals surface area (Å²) in [7, 11) is 0. The molecule has 0 saturated carbocycles. The molecule has 5 nitrogen and oxygen atoms in total. The number of nitrogens with one attached hydrogen (secondary N) is 1. The molecular weight excluding hydrogens is 341 g/mol. The number of carbonyl (C=O) groups is 1. The molecule has 3 rings (SSSR count). The molecule has 0 unspecified atom stereocenters. The van der Waals surface area contributed by atoms with Crippen LogP contribution in [0.15, 0.2) is 40.8 Å². The lowest BCUT2D eigenvalue weighted by Crippen LogP contribution is -2.43. The summed E-state index contributed by atoms with van der Waals surface area (Å²) in [4.78, 5) is 29.8. The van der Waals surface area contributed by atoms with Crippen molar-refractivity contribution in [2.24, 2.45) is 0 Å². The fourth-order valence-electron chi connectivity index (χ4n) is 2.53. The highest BCUT2D eigenvalue weighted by atomic mass is 32.1. The summed E-state index contributed by atoms with van der Waals surface area (Å²) in [5.41, 5.74) is 0.779. The van der Waals surface area contributed by atoms with Crippen LogP contribution < -0.4 is 10.9 Å². The minimum atomic E-state index is -0.375. The molecule has 0 radical (unpaired) electrons. The largest absolute Gasteiger partial charge is 0.350 e. The first-order valence-electron chi connectivity index (χ1n) is 7.78. The number of hydrogen-bond donors (Lipinski definition) is 1. The maximum Gasteiger partial charge on any atom is 0.263 e. The van der Waals surface area contributed by atoms with Gasteiger partial charge in [0.2, 0.25) is 5.91 Å². The number of rotatable bonds is 3. The molecule has 0 saturated heterocycles. The van der Waals surface area contributed by atoms with Gasteiger partial charge in [-0.1, -0.05) is 12.1 Å². The Bertz CT molecular complexity index is 984. The molecule has 0 bridgehead atoms. The van der Waals surface area contributed by atoms with Crippen LogP contribution in [-0.2, 0) is 11.3 Å². The van der Waals surface area contributed by atoms with Crippen LogP contribution in [0.3, 0.4) is 0 Å². The van der Waals surface area contributed by atoms with Crippen LogP contribution in [-0.4, -0.2) is 21.0 Å². The van der Waals surface area contributed by atoms with E-state index in [0.717, 1.165) is 5.56 Å². The molecule has 7 heteroatoms. The highest BCUT2D eigenvalue weighted by Gasteiger charge is 2.17. The zero-order valence-corrected chi connectivity index (χ0v) is 15.0. The zero-order valence-electron chi connectivity index (χ0n) is 14.2. The van der Waals surface area contributed by atoms with E-state index in [-0.39, 0.29) is 29.4 Å². The fourth-order valence-corrected chi connectivity index (χ4v) is 3.44. The molecule has 1 aromatic carbocycles. The second-order valence-electron chi connectivity index (χ2n) is 6.81. The summed E-state index contributed by atoms with van der Waals surface area (Å²) in [6, 6.07) is 5.95. The quantitative estimate of drug-likeness (QED) is 0.781. The Hall–Kier alpha value is -2.54. The lowest BCUT2D eigenvalue weighted by atomic mass is 10.1. The van der Waals surface area contributed by atoms with Crippen molar-refractivity contribution in [2.75, 3.05) is 0 Å². The Morgan fingerprint density at radius 3 is 2.60 bits per heavy atom. The van der Waals surface area contributed by atoms with Crippen molar-refractivity contribution in [1.82, 2.24) is 14.9 Å². The smallest absolute Gasteiger partial charge is 0.263 e. The van der Waals surface area contributed by atoms with Gasteiger partial charge in [-0.25, -0.2) is 9.37 Å². The predicted molar refractivity (Wildman–Crippen MR) is 97.2 cm³/mol. The van der Waals surface area contributed by atoms with Crippen molar-refractivity contribution in [3.8, 4) is 11.1 Å². The van der Waals surface area contributed by atoms with E-state index in [2.05, 4.69) is 10.3 Å². The second kappa shape index (κ2) is 6.40. The summed E-state index contributed by atoms with van der Waals surface area (Å²) in [5.74, 6) is -0.591. The van der Waals surface area contributed by atoms with Gasteiger partial charge in [-0.05, 0) is 38.5 Å². The monoisotopic (exact) mass is 359 g/mol. The number of hydrogen-bond acceptors (Lipinski definition) is 4. The summed E-state index contributed by atoms with van der Waals surface area (Å²) >= 11 is 1.35. The first-order chi connectivity index (χ1) is 11.7. The highest BCUT2D eigenvalue weighted by Crippen LogP contribution is 2.30. The average Bonchev–Trinajstić information content (AvgIpc) is 2.94. The third kappa shape index (κ3) is 3.76. The molecule has 0 spiro atoms. The van der Waals surface area contributed by atoms with Gasteiger partial charge in [0.15, 0.2) is 0 Å². The maximum absolute atomic E-state index is 13.1. The van der Waals surface area contributed by atoms with Gasteiger partial charge in [-0.15, -0.1) is 11.3 Å². The Morgan fingerprint density at radius 1 is 1.28 bits per heavy atom. The first kappa shape index (κ1) is 17.3. The minimum Gasteiger partial charge on any atom is -0.350 e. The third-order valence-electron chi connectivity index (χ3n) is 3.54. The summed E-state index contributed by atoms with van der Waals surface area (Å²) < 4.78 is 14.4. The summed E-state index contributed by atoms with van der Waals surface area (Å²) in [5, 5.41) is 5.10. The molecule has 2 heterocycles. The van der Waals surface area contributed by atoms with Crippen LogP contribution in [0.25, 0.3) is 21.3 Å². The number of halogens is 1. The van der Waals surface area contributed by atoms with Crippen LogP contribution in [0.5, 0.6) is 0 Å². The van der Waals surface area contributed by atoms with E-state index in [0.29, 0.717) is 15.8 Å². The molecule has 2 aromatic heterocycles. The summed E-state index contributed by atoms with van der Waals surface area (Å²) in [6.07, 6.45) is 1.39. The Kier molecular flexibility index (Phi) is 4.43. The standard InChI is InChI=1S/C18H18FN3O2S/c1-18(2,3)21-14(23)8-22-10-20-16-15(17(22)24)13(9-25-16)11-4-6-12(19)7-5-11/h4-7,9-10H,8H2,1-3H3,(H,21,23). The predicted octanol–water partition coefficient (Wildman–Crippen LogP) is 3.18. The number of nitrogens with zero attached hydrogens (tertiary/aromatic N) is 2. The molecular formula is C18H18FN3O2S. The number of benzene rings is 1. The summed E-state index contributed by atoms with van der Waals surface area (Å²) in [6.45, 7) is 5.53. The van der Waals surface area contributed by atoms with Crippen LogP contribution in [0.2, 0.25) is 0 Å². The molecule has 130 valence electrons. The van der Waals surface area contributed by atoms with Gasteiger partial charge in [0, 0.05) is 16.5 Å². The van der Waals surface area contributed by atoms with E-state index >= 15 is 0 Å². The van der Waals surface area contributed by atoms with E-state index in [1.807, 2.05) is 26.2 Å². The number of amides is 1. The van der Waals surface area contributed by atoms with Crippen molar-refractivity contribution in [3.05, 3.63) is 52.1 Å². The fraction of sp³-hybridized carbons (Fsp3) is 0.278. The molecule has 3 aromatic rings. The minimum absolute atomic E-state index is 0.0995. The SMILES string of the molecule is CC(C)(C)NC(=O)Cn1cnc2scc(-c3ccc(F)cc3)c2c1=O. The van der Waals surface area contributed by atoms with Crippen LogP contribution in [0.4, 0.5) is 4.39 Å². The molecule has 25 heavy (non-hydrogen) atoms. The van der Waals surface area contributed by atoms with Crippen molar-refractivity contribution >= 4 is 27.5 Å². The third-order valence-corrected chi connectivity index (χ3v) is 4.43.